The third-order valence-corrected chi connectivity index (χ3v) is 5.25. The number of hydrogen-bond donors (Lipinski definition) is 0. The second-order valence-corrected chi connectivity index (χ2v) is 6.96. The fraction of sp³-hybridized carbons (Fsp3) is 0.476. The fourth-order valence-electron chi connectivity index (χ4n) is 3.63. The number of pyridine rings is 1. The van der Waals surface area contributed by atoms with Crippen LogP contribution in [0.2, 0.25) is 0 Å². The number of amides is 2. The zero-order valence-electron chi connectivity index (χ0n) is 16.8. The average Bonchev–Trinajstić information content (AvgIpc) is 2.74. The van der Waals surface area contributed by atoms with Crippen LogP contribution in [0.3, 0.4) is 0 Å². The van der Waals surface area contributed by atoms with Gasteiger partial charge in [0.2, 0.25) is 0 Å². The fourth-order valence-corrected chi connectivity index (χ4v) is 3.63. The lowest BCUT2D eigenvalue weighted by Crippen LogP contribution is -2.39. The van der Waals surface area contributed by atoms with Gasteiger partial charge in [0.25, 0.3) is 11.8 Å². The van der Waals surface area contributed by atoms with Crippen molar-refractivity contribution in [2.75, 3.05) is 19.6 Å². The summed E-state index contributed by atoms with van der Waals surface area (Å²) >= 11 is 0. The summed E-state index contributed by atoms with van der Waals surface area (Å²) in [5.74, 6) is 0.494. The summed E-state index contributed by atoms with van der Waals surface area (Å²) in [6.07, 6.45) is 7.65. The Morgan fingerprint density at radius 3 is 2.64 bits per heavy atom. The molecule has 0 spiro atoms. The van der Waals surface area contributed by atoms with Crippen molar-refractivity contribution in [1.29, 1.82) is 0 Å². The van der Waals surface area contributed by atoms with Gasteiger partial charge in [-0.1, -0.05) is 0 Å². The van der Waals surface area contributed by atoms with Crippen molar-refractivity contribution in [2.45, 2.75) is 46.1 Å². The van der Waals surface area contributed by atoms with E-state index in [1.807, 2.05) is 25.7 Å². The smallest absolute Gasteiger partial charge is 0.257 e. The Morgan fingerprint density at radius 2 is 2.00 bits per heavy atom. The number of carbonyl (C=O) groups excluding carboxylic acids is 2. The Labute approximate surface area is 165 Å². The van der Waals surface area contributed by atoms with Gasteiger partial charge in [-0.05, 0) is 52.2 Å². The number of carbonyl (C=O) groups is 2. The van der Waals surface area contributed by atoms with E-state index in [0.29, 0.717) is 42.3 Å². The third-order valence-electron chi connectivity index (χ3n) is 5.25. The molecule has 0 aromatic carbocycles. The monoisotopic (exact) mass is 381 g/mol. The highest BCUT2D eigenvalue weighted by Crippen LogP contribution is 2.30. The summed E-state index contributed by atoms with van der Waals surface area (Å²) in [5.41, 5.74) is 1.74. The van der Waals surface area contributed by atoms with Crippen LogP contribution in [-0.2, 0) is 0 Å². The number of aryl methyl sites for hydroxylation is 1. The van der Waals surface area contributed by atoms with E-state index in [0.717, 1.165) is 19.3 Å². The highest BCUT2D eigenvalue weighted by molar-refractivity contribution is 5.95. The van der Waals surface area contributed by atoms with Gasteiger partial charge in [0.15, 0.2) is 5.82 Å². The van der Waals surface area contributed by atoms with Crippen LogP contribution in [-0.4, -0.2) is 56.2 Å². The summed E-state index contributed by atoms with van der Waals surface area (Å²) < 4.78 is 0. The zero-order valence-corrected chi connectivity index (χ0v) is 16.8. The zero-order chi connectivity index (χ0) is 20.1. The molecule has 1 fully saturated rings. The van der Waals surface area contributed by atoms with Crippen molar-refractivity contribution in [3.8, 4) is 0 Å². The van der Waals surface area contributed by atoms with Crippen LogP contribution >= 0.6 is 0 Å². The SMILES string of the molecule is CCN(CC)C(=O)c1cnc(C2CCCCN2C(=O)c2cccnc2)nc1C. The Balaban J connectivity index is 1.87. The van der Waals surface area contributed by atoms with Gasteiger partial charge >= 0.3 is 0 Å². The lowest BCUT2D eigenvalue weighted by molar-refractivity contribution is 0.0597. The molecule has 0 radical (unpaired) electrons. The molecule has 3 heterocycles. The quantitative estimate of drug-likeness (QED) is 0.795. The third kappa shape index (κ3) is 4.03. The maximum Gasteiger partial charge on any atom is 0.257 e. The molecule has 0 saturated carbocycles. The van der Waals surface area contributed by atoms with Crippen LogP contribution in [0.5, 0.6) is 0 Å². The van der Waals surface area contributed by atoms with Crippen molar-refractivity contribution in [3.63, 3.8) is 0 Å². The van der Waals surface area contributed by atoms with Crippen molar-refractivity contribution in [3.05, 3.63) is 53.4 Å². The number of piperidine rings is 1. The van der Waals surface area contributed by atoms with Crippen molar-refractivity contribution < 1.29 is 9.59 Å². The molecule has 1 unspecified atom stereocenters. The summed E-state index contributed by atoms with van der Waals surface area (Å²) in [5, 5.41) is 0. The summed E-state index contributed by atoms with van der Waals surface area (Å²) in [4.78, 5) is 42.4. The first kappa shape index (κ1) is 19.9. The molecule has 1 atom stereocenters. The first-order chi connectivity index (χ1) is 13.6. The maximum absolute atomic E-state index is 13.0. The van der Waals surface area contributed by atoms with Gasteiger partial charge in [0.1, 0.15) is 0 Å². The molecule has 2 aromatic heterocycles. The van der Waals surface area contributed by atoms with Crippen LogP contribution in [0.15, 0.2) is 30.7 Å². The highest BCUT2D eigenvalue weighted by Gasteiger charge is 2.31. The average molecular weight is 381 g/mol. The van der Waals surface area contributed by atoms with E-state index in [9.17, 15) is 9.59 Å². The number of rotatable bonds is 5. The van der Waals surface area contributed by atoms with Crippen LogP contribution in [0, 0.1) is 6.92 Å². The van der Waals surface area contributed by atoms with E-state index in [4.69, 9.17) is 0 Å². The number of hydrogen-bond acceptors (Lipinski definition) is 5. The Bertz CT molecular complexity index is 836. The predicted octanol–water partition coefficient (Wildman–Crippen LogP) is 3.03. The molecule has 7 heteroatoms. The second kappa shape index (κ2) is 8.91. The van der Waals surface area contributed by atoms with E-state index in [1.54, 1.807) is 35.6 Å². The van der Waals surface area contributed by atoms with E-state index in [-0.39, 0.29) is 17.9 Å². The molecule has 1 saturated heterocycles. The number of aromatic nitrogens is 3. The van der Waals surface area contributed by atoms with Crippen LogP contribution < -0.4 is 0 Å². The van der Waals surface area contributed by atoms with E-state index >= 15 is 0 Å². The maximum atomic E-state index is 13.0. The Morgan fingerprint density at radius 1 is 1.21 bits per heavy atom. The topological polar surface area (TPSA) is 79.3 Å². The van der Waals surface area contributed by atoms with Crippen molar-refractivity contribution in [1.82, 2.24) is 24.8 Å². The van der Waals surface area contributed by atoms with E-state index in [2.05, 4.69) is 15.0 Å². The highest BCUT2D eigenvalue weighted by atomic mass is 16.2. The normalized spacial score (nSPS) is 16.7. The Hall–Kier alpha value is -2.83. The van der Waals surface area contributed by atoms with Crippen LogP contribution in [0.1, 0.15) is 71.4 Å². The molecule has 148 valence electrons. The molecule has 3 rings (SSSR count). The van der Waals surface area contributed by atoms with Gasteiger partial charge in [0, 0.05) is 38.2 Å². The van der Waals surface area contributed by atoms with Gasteiger partial charge in [-0.2, -0.15) is 0 Å². The first-order valence-electron chi connectivity index (χ1n) is 9.90. The van der Waals surface area contributed by atoms with Crippen molar-refractivity contribution in [2.24, 2.45) is 0 Å². The molecule has 28 heavy (non-hydrogen) atoms. The lowest BCUT2D eigenvalue weighted by atomic mass is 10.00. The lowest BCUT2D eigenvalue weighted by Gasteiger charge is -2.35. The molecule has 2 amide bonds. The van der Waals surface area contributed by atoms with Gasteiger partial charge in [-0.15, -0.1) is 0 Å². The molecule has 0 N–H and O–H groups in total. The molecule has 0 bridgehead atoms. The Kier molecular flexibility index (Phi) is 6.34. The van der Waals surface area contributed by atoms with Gasteiger partial charge < -0.3 is 9.80 Å². The molecular weight excluding hydrogens is 354 g/mol. The van der Waals surface area contributed by atoms with Crippen LogP contribution in [0.4, 0.5) is 0 Å². The standard InChI is InChI=1S/C21H27N5O2/c1-4-25(5-2)21(28)17-14-23-19(24-15(17)3)18-10-6-7-12-26(18)20(27)16-9-8-11-22-13-16/h8-9,11,13-14,18H,4-7,10,12H2,1-3H3. The predicted molar refractivity (Wildman–Crippen MR) is 106 cm³/mol. The minimum absolute atomic E-state index is 0.0534. The minimum Gasteiger partial charge on any atom is -0.339 e. The molecule has 2 aromatic rings. The number of nitrogens with zero attached hydrogens (tertiary/aromatic N) is 5. The first-order valence-corrected chi connectivity index (χ1v) is 9.90. The summed E-state index contributed by atoms with van der Waals surface area (Å²) in [7, 11) is 0. The van der Waals surface area contributed by atoms with E-state index < -0.39 is 0 Å². The van der Waals surface area contributed by atoms with Gasteiger partial charge in [0.05, 0.1) is 22.9 Å². The van der Waals surface area contributed by atoms with E-state index in [1.165, 1.54) is 0 Å². The second-order valence-electron chi connectivity index (χ2n) is 6.96. The van der Waals surface area contributed by atoms with Crippen molar-refractivity contribution >= 4 is 11.8 Å². The molecule has 1 aliphatic rings. The van der Waals surface area contributed by atoms with Gasteiger partial charge in [-0.25, -0.2) is 9.97 Å². The van der Waals surface area contributed by atoms with Crippen LogP contribution in [0.25, 0.3) is 0 Å². The summed E-state index contributed by atoms with van der Waals surface area (Å²) in [6, 6.07) is 3.36. The largest absolute Gasteiger partial charge is 0.339 e. The number of likely N-dealkylation sites (tertiary alicyclic amines) is 1. The molecule has 1 aliphatic heterocycles. The molecule has 0 aliphatic carbocycles. The summed E-state index contributed by atoms with van der Waals surface area (Å²) in [6.45, 7) is 7.70. The molecular formula is C21H27N5O2. The minimum atomic E-state index is -0.183. The molecule has 7 nitrogen and oxygen atoms in total. The van der Waals surface area contributed by atoms with Gasteiger partial charge in [-0.3, -0.25) is 14.6 Å².